The molecule has 1 aromatic rings. The smallest absolute Gasteiger partial charge is 0.294 e. The van der Waals surface area contributed by atoms with Crippen molar-refractivity contribution in [2.45, 2.75) is 0 Å². The zero-order valence-corrected chi connectivity index (χ0v) is 10.2. The Labute approximate surface area is 110 Å². The SMILES string of the molecule is C=C(F)/C=C\C(=C)CNc1ccc(N)c([N+](=O)[O-])c1. The molecular formula is C13H14FN3O2. The highest BCUT2D eigenvalue weighted by atomic mass is 19.1. The largest absolute Gasteiger partial charge is 0.393 e. The number of nitro groups is 1. The quantitative estimate of drug-likeness (QED) is 0.357. The number of halogens is 1. The average molecular weight is 263 g/mol. The summed E-state index contributed by atoms with van der Waals surface area (Å²) in [5, 5.41) is 13.6. The maximum absolute atomic E-state index is 12.4. The molecule has 0 bridgehead atoms. The highest BCUT2D eigenvalue weighted by Gasteiger charge is 2.11. The molecule has 5 nitrogen and oxygen atoms in total. The monoisotopic (exact) mass is 263 g/mol. The summed E-state index contributed by atoms with van der Waals surface area (Å²) in [5.74, 6) is -0.565. The zero-order chi connectivity index (χ0) is 14.4. The Bertz CT molecular complexity index is 553. The molecule has 0 radical (unpaired) electrons. The van der Waals surface area contributed by atoms with Gasteiger partial charge in [-0.3, -0.25) is 10.1 Å². The van der Waals surface area contributed by atoms with Crippen molar-refractivity contribution in [1.29, 1.82) is 0 Å². The summed E-state index contributed by atoms with van der Waals surface area (Å²) in [4.78, 5) is 10.2. The van der Waals surface area contributed by atoms with E-state index in [1.807, 2.05) is 0 Å². The van der Waals surface area contributed by atoms with Gasteiger partial charge in [-0.25, -0.2) is 4.39 Å². The number of nitrogens with two attached hydrogens (primary N) is 1. The van der Waals surface area contributed by atoms with Crippen LogP contribution >= 0.6 is 0 Å². The Morgan fingerprint density at radius 3 is 2.74 bits per heavy atom. The highest BCUT2D eigenvalue weighted by molar-refractivity contribution is 5.65. The van der Waals surface area contributed by atoms with Crippen LogP contribution in [0.5, 0.6) is 0 Å². The fourth-order valence-electron chi connectivity index (χ4n) is 1.29. The molecule has 3 N–H and O–H groups in total. The summed E-state index contributed by atoms with van der Waals surface area (Å²) in [7, 11) is 0. The van der Waals surface area contributed by atoms with E-state index in [-0.39, 0.29) is 11.4 Å². The fraction of sp³-hybridized carbons (Fsp3) is 0.0769. The summed E-state index contributed by atoms with van der Waals surface area (Å²) in [6.45, 7) is 7.11. The van der Waals surface area contributed by atoms with Gasteiger partial charge in [0, 0.05) is 18.3 Å². The fourth-order valence-corrected chi connectivity index (χ4v) is 1.29. The number of allylic oxidation sites excluding steroid dienone is 2. The van der Waals surface area contributed by atoms with Gasteiger partial charge < -0.3 is 11.1 Å². The number of hydrogen-bond donors (Lipinski definition) is 2. The molecule has 0 amide bonds. The van der Waals surface area contributed by atoms with Crippen molar-refractivity contribution in [1.82, 2.24) is 0 Å². The first-order valence-electron chi connectivity index (χ1n) is 5.38. The van der Waals surface area contributed by atoms with Gasteiger partial charge in [-0.15, -0.1) is 0 Å². The zero-order valence-electron chi connectivity index (χ0n) is 10.2. The first-order chi connectivity index (χ1) is 8.90. The van der Waals surface area contributed by atoms with Crippen LogP contribution in [0.2, 0.25) is 0 Å². The van der Waals surface area contributed by atoms with Crippen LogP contribution in [0.1, 0.15) is 0 Å². The molecule has 19 heavy (non-hydrogen) atoms. The summed E-state index contributed by atoms with van der Waals surface area (Å²) in [6.07, 6.45) is 2.66. The summed E-state index contributed by atoms with van der Waals surface area (Å²) >= 11 is 0. The number of rotatable bonds is 6. The first kappa shape index (κ1) is 14.4. The van der Waals surface area contributed by atoms with E-state index in [1.165, 1.54) is 24.3 Å². The van der Waals surface area contributed by atoms with Gasteiger partial charge in [0.15, 0.2) is 0 Å². The third kappa shape index (κ3) is 4.63. The lowest BCUT2D eigenvalue weighted by Gasteiger charge is -2.07. The van der Waals surface area contributed by atoms with E-state index in [1.54, 1.807) is 6.07 Å². The molecule has 0 aliphatic rings. The Morgan fingerprint density at radius 2 is 2.16 bits per heavy atom. The third-order valence-electron chi connectivity index (χ3n) is 2.25. The van der Waals surface area contributed by atoms with E-state index in [9.17, 15) is 14.5 Å². The Balaban J connectivity index is 2.68. The van der Waals surface area contributed by atoms with Crippen molar-refractivity contribution in [2.75, 3.05) is 17.6 Å². The lowest BCUT2D eigenvalue weighted by Crippen LogP contribution is -2.04. The molecule has 0 aromatic heterocycles. The molecular weight excluding hydrogens is 249 g/mol. The molecule has 0 saturated heterocycles. The molecule has 0 heterocycles. The van der Waals surface area contributed by atoms with Crippen molar-refractivity contribution in [3.8, 4) is 0 Å². The molecule has 0 saturated carbocycles. The molecule has 0 spiro atoms. The van der Waals surface area contributed by atoms with Gasteiger partial charge in [0.05, 0.1) is 4.92 Å². The maximum Gasteiger partial charge on any atom is 0.294 e. The van der Waals surface area contributed by atoms with Gasteiger partial charge in [-0.05, 0) is 23.8 Å². The van der Waals surface area contributed by atoms with Crippen LogP contribution in [0.15, 0.2) is 54.9 Å². The number of nitrogens with zero attached hydrogens (tertiary/aromatic N) is 1. The van der Waals surface area contributed by atoms with Gasteiger partial charge in [-0.2, -0.15) is 0 Å². The third-order valence-corrected chi connectivity index (χ3v) is 2.25. The van der Waals surface area contributed by atoms with E-state index < -0.39 is 10.8 Å². The van der Waals surface area contributed by atoms with Crippen molar-refractivity contribution < 1.29 is 9.31 Å². The van der Waals surface area contributed by atoms with Crippen molar-refractivity contribution in [3.05, 3.63) is 65.0 Å². The normalized spacial score (nSPS) is 10.4. The number of nitrogens with one attached hydrogen (secondary N) is 1. The predicted octanol–water partition coefficient (Wildman–Crippen LogP) is 3.18. The van der Waals surface area contributed by atoms with Crippen LogP contribution in [0.3, 0.4) is 0 Å². The lowest BCUT2D eigenvalue weighted by atomic mass is 10.2. The second-order valence-electron chi connectivity index (χ2n) is 3.82. The van der Waals surface area contributed by atoms with Crippen molar-refractivity contribution in [2.24, 2.45) is 0 Å². The van der Waals surface area contributed by atoms with E-state index in [4.69, 9.17) is 5.73 Å². The standard InChI is InChI=1S/C13H14FN3O2/c1-9(3-4-10(2)14)8-16-11-5-6-12(15)13(7-11)17(18)19/h3-7,16H,1-2,8,15H2/b4-3-. The van der Waals surface area contributed by atoms with Crippen LogP contribution in [-0.4, -0.2) is 11.5 Å². The minimum absolute atomic E-state index is 0.100. The van der Waals surface area contributed by atoms with E-state index >= 15 is 0 Å². The molecule has 0 atom stereocenters. The molecule has 1 rings (SSSR count). The van der Waals surface area contributed by atoms with Gasteiger partial charge in [0.1, 0.15) is 11.5 Å². The van der Waals surface area contributed by atoms with Crippen molar-refractivity contribution in [3.63, 3.8) is 0 Å². The van der Waals surface area contributed by atoms with Gasteiger partial charge in [0.2, 0.25) is 0 Å². The maximum atomic E-state index is 12.4. The number of benzene rings is 1. The Hall–Kier alpha value is -2.63. The number of anilines is 2. The summed E-state index contributed by atoms with van der Waals surface area (Å²) < 4.78 is 12.4. The van der Waals surface area contributed by atoms with Crippen LogP contribution in [0.25, 0.3) is 0 Å². The van der Waals surface area contributed by atoms with Gasteiger partial charge in [-0.1, -0.05) is 19.2 Å². The van der Waals surface area contributed by atoms with Crippen LogP contribution in [0.4, 0.5) is 21.5 Å². The molecule has 6 heteroatoms. The number of hydrogen-bond acceptors (Lipinski definition) is 4. The molecule has 1 aromatic carbocycles. The minimum Gasteiger partial charge on any atom is -0.393 e. The highest BCUT2D eigenvalue weighted by Crippen LogP contribution is 2.25. The average Bonchev–Trinajstić information content (AvgIpc) is 2.35. The summed E-state index contributed by atoms with van der Waals surface area (Å²) in [5.41, 5.74) is 6.56. The van der Waals surface area contributed by atoms with E-state index in [0.29, 0.717) is 17.8 Å². The number of nitro benzene ring substituents is 1. The molecule has 0 aliphatic carbocycles. The first-order valence-corrected chi connectivity index (χ1v) is 5.38. The van der Waals surface area contributed by atoms with Gasteiger partial charge in [0.25, 0.3) is 5.69 Å². The lowest BCUT2D eigenvalue weighted by molar-refractivity contribution is -0.383. The summed E-state index contributed by atoms with van der Waals surface area (Å²) in [6, 6.07) is 4.40. The predicted molar refractivity (Wildman–Crippen MR) is 74.5 cm³/mol. The Kier molecular flexibility index (Phi) is 4.82. The topological polar surface area (TPSA) is 81.2 Å². The minimum atomic E-state index is -0.565. The number of nitrogen functional groups attached to an aromatic ring is 1. The second-order valence-corrected chi connectivity index (χ2v) is 3.82. The molecule has 0 aliphatic heterocycles. The molecule has 100 valence electrons. The van der Waals surface area contributed by atoms with Crippen LogP contribution in [0, 0.1) is 10.1 Å². The van der Waals surface area contributed by atoms with E-state index in [0.717, 1.165) is 0 Å². The van der Waals surface area contributed by atoms with E-state index in [2.05, 4.69) is 18.5 Å². The Morgan fingerprint density at radius 1 is 1.47 bits per heavy atom. The molecule has 0 fully saturated rings. The second kappa shape index (κ2) is 6.34. The van der Waals surface area contributed by atoms with Gasteiger partial charge >= 0.3 is 0 Å². The molecule has 0 unspecified atom stereocenters. The van der Waals surface area contributed by atoms with Crippen LogP contribution in [-0.2, 0) is 0 Å². The van der Waals surface area contributed by atoms with Crippen LogP contribution < -0.4 is 11.1 Å². The van der Waals surface area contributed by atoms with Crippen molar-refractivity contribution >= 4 is 17.1 Å².